The minimum atomic E-state index is -1.17. The molecule has 136 valence electrons. The summed E-state index contributed by atoms with van der Waals surface area (Å²) in [6.45, 7) is 3.05. The maximum atomic E-state index is 11.6. The first-order valence-corrected chi connectivity index (χ1v) is 7.97. The topological polar surface area (TPSA) is 117 Å². The third kappa shape index (κ3) is 6.98. The molecule has 2 amide bonds. The van der Waals surface area contributed by atoms with Crippen LogP contribution in [0.5, 0.6) is 5.75 Å². The number of hydrogen-bond donors (Lipinski definition) is 3. The highest BCUT2D eigenvalue weighted by Crippen LogP contribution is 2.33. The molecular weight excluding hydrogens is 373 g/mol. The fraction of sp³-hybridized carbons (Fsp3) is 0.333. The van der Waals surface area contributed by atoms with Crippen molar-refractivity contribution >= 4 is 47.2 Å². The second-order valence-corrected chi connectivity index (χ2v) is 5.79. The first-order valence-electron chi connectivity index (χ1n) is 7.22. The van der Waals surface area contributed by atoms with Crippen LogP contribution < -0.4 is 15.5 Å². The number of carboxylic acid groups (broad SMARTS) is 1. The van der Waals surface area contributed by atoms with Crippen LogP contribution in [0.15, 0.2) is 17.2 Å². The van der Waals surface area contributed by atoms with Crippen molar-refractivity contribution in [2.24, 2.45) is 5.10 Å². The highest BCUT2D eigenvalue weighted by molar-refractivity contribution is 6.37. The lowest BCUT2D eigenvalue weighted by Gasteiger charge is -2.10. The lowest BCUT2D eigenvalue weighted by molar-refractivity contribution is -0.139. The summed E-state index contributed by atoms with van der Waals surface area (Å²) in [4.78, 5) is 33.6. The minimum absolute atomic E-state index is 0.0276. The van der Waals surface area contributed by atoms with Gasteiger partial charge in [-0.05, 0) is 31.0 Å². The van der Waals surface area contributed by atoms with Crippen molar-refractivity contribution < 1.29 is 24.2 Å². The van der Waals surface area contributed by atoms with Gasteiger partial charge < -0.3 is 15.2 Å². The molecule has 10 heteroatoms. The lowest BCUT2D eigenvalue weighted by atomic mass is 10.2. The van der Waals surface area contributed by atoms with Crippen molar-refractivity contribution in [1.29, 1.82) is 0 Å². The number of amides is 2. The Balaban J connectivity index is 2.70. The number of rotatable bonds is 7. The van der Waals surface area contributed by atoms with Crippen LogP contribution in [0.3, 0.4) is 0 Å². The second kappa shape index (κ2) is 9.85. The lowest BCUT2D eigenvalue weighted by Crippen LogP contribution is -2.41. The molecule has 0 bridgehead atoms. The summed E-state index contributed by atoms with van der Waals surface area (Å²) in [5, 5.41) is 14.9. The molecule has 1 aromatic rings. The summed E-state index contributed by atoms with van der Waals surface area (Å²) >= 11 is 11.9. The van der Waals surface area contributed by atoms with Crippen LogP contribution in [0.2, 0.25) is 10.0 Å². The Morgan fingerprint density at radius 2 is 1.88 bits per heavy atom. The molecular formula is C15H17Cl2N3O5. The molecule has 0 aromatic heterocycles. The standard InChI is InChI=1S/C15H17Cl2N3O5/c1-3-8(2)19-14(23)15(24)20-18-6-9-4-10(16)13(11(17)5-9)25-7-12(21)22/h4-6,8H,3,7H2,1-2H3,(H,19,23)(H,20,24)(H,21,22)/b18-6-/t8-/m1/s1. The number of hydrazone groups is 1. The predicted molar refractivity (Wildman–Crippen MR) is 93.2 cm³/mol. The third-order valence-electron chi connectivity index (χ3n) is 2.94. The van der Waals surface area contributed by atoms with E-state index in [0.29, 0.717) is 12.0 Å². The highest BCUT2D eigenvalue weighted by Gasteiger charge is 2.14. The van der Waals surface area contributed by atoms with E-state index in [1.54, 1.807) is 6.92 Å². The van der Waals surface area contributed by atoms with E-state index in [0.717, 1.165) is 0 Å². The predicted octanol–water partition coefficient (Wildman–Crippen LogP) is 1.82. The largest absolute Gasteiger partial charge is 0.479 e. The number of hydrogen-bond acceptors (Lipinski definition) is 5. The molecule has 8 nitrogen and oxygen atoms in total. The number of carboxylic acids is 1. The van der Waals surface area contributed by atoms with Gasteiger partial charge in [-0.1, -0.05) is 30.1 Å². The van der Waals surface area contributed by atoms with Gasteiger partial charge in [0.15, 0.2) is 12.4 Å². The molecule has 0 aliphatic carbocycles. The average molecular weight is 390 g/mol. The van der Waals surface area contributed by atoms with E-state index >= 15 is 0 Å². The Kier molecular flexibility index (Phi) is 8.17. The summed E-state index contributed by atoms with van der Waals surface area (Å²) in [6.07, 6.45) is 1.92. The molecule has 0 aliphatic rings. The summed E-state index contributed by atoms with van der Waals surface area (Å²) < 4.78 is 4.98. The Morgan fingerprint density at radius 1 is 1.28 bits per heavy atom. The maximum Gasteiger partial charge on any atom is 0.341 e. The molecule has 25 heavy (non-hydrogen) atoms. The van der Waals surface area contributed by atoms with E-state index in [4.69, 9.17) is 33.0 Å². The third-order valence-corrected chi connectivity index (χ3v) is 3.50. The van der Waals surface area contributed by atoms with Crippen molar-refractivity contribution in [2.75, 3.05) is 6.61 Å². The molecule has 0 radical (unpaired) electrons. The Labute approximate surface area is 154 Å². The van der Waals surface area contributed by atoms with Crippen molar-refractivity contribution in [3.05, 3.63) is 27.7 Å². The van der Waals surface area contributed by atoms with Crippen LogP contribution in [0.4, 0.5) is 0 Å². The highest BCUT2D eigenvalue weighted by atomic mass is 35.5. The van der Waals surface area contributed by atoms with Crippen molar-refractivity contribution in [3.63, 3.8) is 0 Å². The fourth-order valence-corrected chi connectivity index (χ4v) is 2.15. The van der Waals surface area contributed by atoms with Crippen molar-refractivity contribution in [2.45, 2.75) is 26.3 Å². The summed E-state index contributed by atoms with van der Waals surface area (Å²) in [5.41, 5.74) is 2.49. The maximum absolute atomic E-state index is 11.6. The molecule has 1 rings (SSSR count). The van der Waals surface area contributed by atoms with E-state index in [2.05, 4.69) is 15.8 Å². The SMILES string of the molecule is CC[C@@H](C)NC(=O)C(=O)N/N=C\c1cc(Cl)c(OCC(=O)O)c(Cl)c1. The molecule has 0 unspecified atom stereocenters. The van der Waals surface area contributed by atoms with Gasteiger partial charge >= 0.3 is 17.8 Å². The van der Waals surface area contributed by atoms with Gasteiger partial charge in [-0.3, -0.25) is 9.59 Å². The van der Waals surface area contributed by atoms with Crippen LogP contribution in [0.1, 0.15) is 25.8 Å². The molecule has 1 aromatic carbocycles. The van der Waals surface area contributed by atoms with Gasteiger partial charge in [0.2, 0.25) is 0 Å². The average Bonchev–Trinajstić information content (AvgIpc) is 2.53. The molecule has 0 saturated heterocycles. The van der Waals surface area contributed by atoms with Gasteiger partial charge in [0.05, 0.1) is 16.3 Å². The zero-order chi connectivity index (χ0) is 19.0. The van der Waals surface area contributed by atoms with Gasteiger partial charge in [-0.15, -0.1) is 0 Å². The smallest absolute Gasteiger partial charge is 0.341 e. The van der Waals surface area contributed by atoms with Gasteiger partial charge in [-0.2, -0.15) is 5.10 Å². The second-order valence-electron chi connectivity index (χ2n) is 4.98. The summed E-state index contributed by atoms with van der Waals surface area (Å²) in [6, 6.07) is 2.71. The minimum Gasteiger partial charge on any atom is -0.479 e. The van der Waals surface area contributed by atoms with Gasteiger partial charge in [-0.25, -0.2) is 10.2 Å². The molecule has 0 aliphatic heterocycles. The quantitative estimate of drug-likeness (QED) is 0.373. The first kappa shape index (κ1) is 20.7. The van der Waals surface area contributed by atoms with Crippen molar-refractivity contribution in [3.8, 4) is 5.75 Å². The van der Waals surface area contributed by atoms with Gasteiger partial charge in [0.1, 0.15) is 0 Å². The summed E-state index contributed by atoms with van der Waals surface area (Å²) in [7, 11) is 0. The number of benzene rings is 1. The van der Waals surface area contributed by atoms with Gasteiger partial charge in [0.25, 0.3) is 0 Å². The Hall–Kier alpha value is -2.32. The van der Waals surface area contributed by atoms with Crippen LogP contribution in [-0.4, -0.2) is 41.8 Å². The van der Waals surface area contributed by atoms with E-state index in [1.807, 2.05) is 6.92 Å². The molecule has 0 saturated carbocycles. The fourth-order valence-electron chi connectivity index (χ4n) is 1.53. The number of ether oxygens (including phenoxy) is 1. The number of carbonyl (C=O) groups is 3. The number of halogens is 2. The van der Waals surface area contributed by atoms with Crippen LogP contribution >= 0.6 is 23.2 Å². The monoisotopic (exact) mass is 389 g/mol. The van der Waals surface area contributed by atoms with E-state index in [-0.39, 0.29) is 21.8 Å². The number of nitrogens with zero attached hydrogens (tertiary/aromatic N) is 1. The summed E-state index contributed by atoms with van der Waals surface area (Å²) in [5.74, 6) is -2.84. The number of nitrogens with one attached hydrogen (secondary N) is 2. The van der Waals surface area contributed by atoms with E-state index in [1.165, 1.54) is 18.3 Å². The van der Waals surface area contributed by atoms with Crippen molar-refractivity contribution in [1.82, 2.24) is 10.7 Å². The van der Waals surface area contributed by atoms with Crippen LogP contribution in [0.25, 0.3) is 0 Å². The Morgan fingerprint density at radius 3 is 2.40 bits per heavy atom. The number of carbonyl (C=O) groups excluding carboxylic acids is 2. The first-order chi connectivity index (χ1) is 11.7. The Bertz CT molecular complexity index is 671. The number of aliphatic carboxylic acids is 1. The molecule has 0 heterocycles. The van der Waals surface area contributed by atoms with Gasteiger partial charge in [0, 0.05) is 6.04 Å². The van der Waals surface area contributed by atoms with Crippen LogP contribution in [-0.2, 0) is 14.4 Å². The van der Waals surface area contributed by atoms with E-state index in [9.17, 15) is 14.4 Å². The zero-order valence-electron chi connectivity index (χ0n) is 13.5. The van der Waals surface area contributed by atoms with Crippen LogP contribution in [0, 0.1) is 0 Å². The molecule has 0 fully saturated rings. The van der Waals surface area contributed by atoms with E-state index < -0.39 is 24.4 Å². The molecule has 0 spiro atoms. The normalized spacial score (nSPS) is 11.8. The molecule has 3 N–H and O–H groups in total. The zero-order valence-corrected chi connectivity index (χ0v) is 15.0. The molecule has 1 atom stereocenters.